The number of halogens is 1. The van der Waals surface area contributed by atoms with Gasteiger partial charge in [-0.3, -0.25) is 8.80 Å². The molecule has 1 fully saturated rings. The Balaban J connectivity index is 0.000000978. The second-order valence-electron chi connectivity index (χ2n) is 21.1. The molecule has 0 amide bonds. The van der Waals surface area contributed by atoms with E-state index in [-0.39, 0.29) is 70.5 Å². The van der Waals surface area contributed by atoms with E-state index in [4.69, 9.17) is 19.9 Å². The van der Waals surface area contributed by atoms with Crippen LogP contribution in [0.1, 0.15) is 22.2 Å². The van der Waals surface area contributed by atoms with Crippen LogP contribution in [0.2, 0.25) is 76.2 Å². The Morgan fingerprint density at radius 1 is 0.643 bits per heavy atom. The molecule has 70 heavy (non-hydrogen) atoms. The summed E-state index contributed by atoms with van der Waals surface area (Å²) in [5, 5.41) is 19.9. The second kappa shape index (κ2) is 33.5. The molecule has 0 N–H and O–H groups in total. The van der Waals surface area contributed by atoms with Gasteiger partial charge < -0.3 is 15.4 Å². The van der Waals surface area contributed by atoms with Crippen molar-refractivity contribution in [2.75, 3.05) is 19.8 Å². The Morgan fingerprint density at radius 2 is 1.00 bits per heavy atom. The summed E-state index contributed by atoms with van der Waals surface area (Å²) >= 11 is 5.67. The van der Waals surface area contributed by atoms with Crippen molar-refractivity contribution >= 4 is 91.9 Å². The van der Waals surface area contributed by atoms with Crippen molar-refractivity contribution in [1.29, 1.82) is 0 Å². The van der Waals surface area contributed by atoms with Crippen LogP contribution in [0.25, 0.3) is 0 Å². The molecule has 7 rings (SSSR count). The van der Waals surface area contributed by atoms with Crippen molar-refractivity contribution in [1.82, 2.24) is 0 Å². The first-order chi connectivity index (χ1) is 31.8. The summed E-state index contributed by atoms with van der Waals surface area (Å²) in [7, 11) is -7.85. The average Bonchev–Trinajstić information content (AvgIpc) is 3.73. The maximum atomic E-state index is 11.0. The number of rotatable bonds is 16. The summed E-state index contributed by atoms with van der Waals surface area (Å²) in [5.74, 6) is 1.51. The minimum absolute atomic E-state index is 0. The van der Waals surface area contributed by atoms with Crippen LogP contribution in [-0.4, -0.2) is 69.5 Å². The van der Waals surface area contributed by atoms with Crippen LogP contribution in [0.15, 0.2) is 182 Å². The SMILES string of the molecule is CC(CO[Si](C)(C)C)C[Si](C[SiH](C)C)(c1ccccc1)c1ccccc1.CC(C[O-])C[Si-](c1ccccc1)c1ccccc1.CC1CO[Si](c2ccccc2)(c2ccccc2)C1.C[Si](C)(C)Cl.[H-].[Li+].[Li+].[Li+]. The van der Waals surface area contributed by atoms with E-state index in [1.807, 2.05) is 12.1 Å². The first-order valence-corrected chi connectivity index (χ1v) is 41.9. The maximum Gasteiger partial charge on any atom is 1.00 e. The van der Waals surface area contributed by atoms with E-state index in [1.165, 1.54) is 38.5 Å². The molecule has 6 aromatic rings. The summed E-state index contributed by atoms with van der Waals surface area (Å²) in [5.41, 5.74) is 1.43. The molecule has 1 saturated heterocycles. The number of hydrogen-bond donors (Lipinski definition) is 0. The molecule has 0 radical (unpaired) electrons. The zero-order chi connectivity index (χ0) is 48.9. The van der Waals surface area contributed by atoms with Crippen LogP contribution in [0.4, 0.5) is 0 Å². The first kappa shape index (κ1) is 66.6. The molecule has 0 aliphatic carbocycles. The summed E-state index contributed by atoms with van der Waals surface area (Å²) in [4.78, 5) is 0. The van der Waals surface area contributed by atoms with E-state index in [1.54, 1.807) is 10.4 Å². The Kier molecular flexibility index (Phi) is 31.9. The monoisotopic (exact) mass is 1040 g/mol. The van der Waals surface area contributed by atoms with Gasteiger partial charge in [0, 0.05) is 22.0 Å². The quantitative estimate of drug-likeness (QED) is 0.110. The van der Waals surface area contributed by atoms with Crippen LogP contribution >= 0.6 is 11.1 Å². The smallest absolute Gasteiger partial charge is 1.00 e. The summed E-state index contributed by atoms with van der Waals surface area (Å²) < 4.78 is 12.7. The summed E-state index contributed by atoms with van der Waals surface area (Å²) in [6.07, 6.45) is 0. The predicted octanol–water partition coefficient (Wildman–Crippen LogP) is 1.65. The molecule has 3 unspecified atom stereocenters. The van der Waals surface area contributed by atoms with Gasteiger partial charge in [0.05, 0.1) is 0 Å². The Hall–Kier alpha value is -1.42. The van der Waals surface area contributed by atoms with Crippen molar-refractivity contribution in [2.24, 2.45) is 17.8 Å². The van der Waals surface area contributed by atoms with E-state index in [2.05, 4.69) is 243 Å². The van der Waals surface area contributed by atoms with Gasteiger partial charge >= 0.3 is 56.6 Å². The number of hydrogen-bond acceptors (Lipinski definition) is 3. The van der Waals surface area contributed by atoms with Crippen molar-refractivity contribution in [3.05, 3.63) is 182 Å². The van der Waals surface area contributed by atoms with Crippen LogP contribution in [0, 0.1) is 17.8 Å². The van der Waals surface area contributed by atoms with Gasteiger partial charge in [-0.05, 0) is 53.9 Å². The Labute approximate surface area is 476 Å². The fourth-order valence-corrected chi connectivity index (χ4v) is 28.8. The predicted molar refractivity (Wildman–Crippen MR) is 310 cm³/mol. The molecule has 3 atom stereocenters. The molecule has 362 valence electrons. The molecule has 6 aromatic carbocycles. The Bertz CT molecular complexity index is 2110. The van der Waals surface area contributed by atoms with Crippen LogP contribution in [-0.2, 0) is 8.85 Å². The first-order valence-electron chi connectivity index (χ1n) is 24.6. The van der Waals surface area contributed by atoms with Gasteiger partial charge in [0.2, 0.25) is 0 Å². The zero-order valence-electron chi connectivity index (χ0n) is 46.7. The van der Waals surface area contributed by atoms with E-state index in [0.29, 0.717) is 11.8 Å². The summed E-state index contributed by atoms with van der Waals surface area (Å²) in [6, 6.07) is 69.1. The third-order valence-electron chi connectivity index (χ3n) is 11.7. The molecule has 1 heterocycles. The minimum atomic E-state index is -1.95. The van der Waals surface area contributed by atoms with Gasteiger partial charge in [-0.1, -0.05) is 257 Å². The Morgan fingerprint density at radius 3 is 1.31 bits per heavy atom. The topological polar surface area (TPSA) is 41.5 Å². The molecule has 3 nitrogen and oxygen atoms in total. The van der Waals surface area contributed by atoms with Crippen molar-refractivity contribution in [3.63, 3.8) is 0 Å². The van der Waals surface area contributed by atoms with E-state index in [0.717, 1.165) is 19.3 Å². The maximum absolute atomic E-state index is 11.0. The van der Waals surface area contributed by atoms with Crippen LogP contribution in [0.5, 0.6) is 0 Å². The van der Waals surface area contributed by atoms with Crippen molar-refractivity contribution in [3.8, 4) is 0 Å². The fraction of sp³-hybridized carbons (Fsp3) is 0.368. The van der Waals surface area contributed by atoms with Gasteiger partial charge in [0.1, 0.15) is 15.5 Å². The van der Waals surface area contributed by atoms with Gasteiger partial charge in [0.25, 0.3) is 8.32 Å². The second-order valence-corrected chi connectivity index (χ2v) is 47.3. The van der Waals surface area contributed by atoms with Crippen molar-refractivity contribution in [2.45, 2.75) is 96.9 Å². The number of benzene rings is 6. The largest absolute Gasteiger partial charge is 1.00 e. The molecular weight excluding hydrogens is 957 g/mol. The van der Waals surface area contributed by atoms with Gasteiger partial charge in [-0.2, -0.15) is 27.5 Å². The van der Waals surface area contributed by atoms with E-state index < -0.39 is 49.7 Å². The molecule has 0 aromatic heterocycles. The molecule has 0 bridgehead atoms. The fourth-order valence-electron chi connectivity index (χ4n) is 8.94. The van der Waals surface area contributed by atoms with Crippen LogP contribution < -0.4 is 92.8 Å². The van der Waals surface area contributed by atoms with Gasteiger partial charge in [0.15, 0.2) is 8.32 Å². The molecule has 0 spiro atoms. The molecular formula is C57H82ClLi3O3Si6. The summed E-state index contributed by atoms with van der Waals surface area (Å²) in [6.45, 7) is 26.7. The van der Waals surface area contributed by atoms with Crippen LogP contribution in [0.3, 0.4) is 0 Å². The average molecular weight is 1040 g/mol. The van der Waals surface area contributed by atoms with Crippen molar-refractivity contribution < 1.29 is 72.0 Å². The van der Waals surface area contributed by atoms with E-state index in [9.17, 15) is 5.11 Å². The third kappa shape index (κ3) is 23.0. The van der Waals surface area contributed by atoms with Gasteiger partial charge in [-0.25, -0.2) is 0 Å². The normalized spacial score (nSPS) is 14.7. The molecule has 13 heteroatoms. The zero-order valence-corrected chi connectivity index (χ0v) is 52.6. The molecule has 1 aliphatic heterocycles. The molecule has 1 aliphatic rings. The minimum Gasteiger partial charge on any atom is -1.00 e. The third-order valence-corrected chi connectivity index (χ3v) is 30.7. The van der Waals surface area contributed by atoms with Gasteiger partial charge in [-0.15, -0.1) is 6.61 Å². The molecule has 0 saturated carbocycles. The standard InChI is InChI=1S/C22H36OSi3.2C16H18OSi.C3H9ClSi.3Li.H/c1-20(17-23-25(4,5)6)18-26(19-24(2)3,21-13-9-7-10-14-21)22-15-11-8-12-16-22;1-14-12-17-18(13-14,15-8-4-2-5-9-15)16-10-6-3-7-11-16;1-14(12-17)13-18(15-8-4-2-5-9-15)16-10-6-3-7-11-16;1-5(2,3)4;;;;/h7-16,20,24H,17-19H2,1-6H3;2*2-11,14H,12-13H2,1H3;1-3H3;;;;/q;;-2;;3*+1;-1. The van der Waals surface area contributed by atoms with E-state index >= 15 is 0 Å².